The van der Waals surface area contributed by atoms with Crippen molar-refractivity contribution in [3.05, 3.63) is 39.8 Å². The highest BCUT2D eigenvalue weighted by molar-refractivity contribution is 7.11. The number of aromatic nitrogens is 1. The molecule has 6 nitrogen and oxygen atoms in total. The van der Waals surface area contributed by atoms with Crippen LogP contribution in [0.1, 0.15) is 15.4 Å². The largest absolute Gasteiger partial charge is 0.508 e. The maximum absolute atomic E-state index is 9.88. The van der Waals surface area contributed by atoms with Crippen molar-refractivity contribution in [2.75, 3.05) is 20.7 Å². The lowest BCUT2D eigenvalue weighted by molar-refractivity contribution is 0.410. The molecule has 0 spiro atoms. The van der Waals surface area contributed by atoms with Crippen molar-refractivity contribution in [2.45, 2.75) is 19.9 Å². The summed E-state index contributed by atoms with van der Waals surface area (Å²) in [5, 5.41) is 17.4. The minimum atomic E-state index is 0.229. The number of aliphatic imine (C=N–C) groups is 1. The summed E-state index contributed by atoms with van der Waals surface area (Å²) in [5.41, 5.74) is 0.753. The Morgan fingerprint density at radius 3 is 2.87 bits per heavy atom. The standard InChI is InChI=1S/C16H22N4O2S/c1-11-9-19-15(23-11)6-7-18-16(17-2)20-10-12-8-13(22-3)4-5-14(12)21/h4-5,8-9,21H,6-7,10H2,1-3H3,(H2,17,18,20). The molecule has 0 aliphatic heterocycles. The molecule has 0 bridgehead atoms. The van der Waals surface area contributed by atoms with Crippen molar-refractivity contribution in [3.63, 3.8) is 0 Å². The second-order valence-electron chi connectivity index (χ2n) is 4.96. The number of aryl methyl sites for hydroxylation is 1. The van der Waals surface area contributed by atoms with Gasteiger partial charge >= 0.3 is 0 Å². The van der Waals surface area contributed by atoms with Gasteiger partial charge in [-0.2, -0.15) is 0 Å². The summed E-state index contributed by atoms with van der Waals surface area (Å²) < 4.78 is 5.17. The van der Waals surface area contributed by atoms with Crippen LogP contribution in [0.2, 0.25) is 0 Å². The maximum Gasteiger partial charge on any atom is 0.191 e. The van der Waals surface area contributed by atoms with Crippen LogP contribution in [0.3, 0.4) is 0 Å². The van der Waals surface area contributed by atoms with Crippen LogP contribution in [-0.2, 0) is 13.0 Å². The predicted octanol–water partition coefficient (Wildman–Crippen LogP) is 2.07. The zero-order valence-electron chi connectivity index (χ0n) is 13.6. The van der Waals surface area contributed by atoms with Crippen molar-refractivity contribution < 1.29 is 9.84 Å². The maximum atomic E-state index is 9.88. The summed E-state index contributed by atoms with van der Waals surface area (Å²) >= 11 is 1.70. The molecule has 124 valence electrons. The van der Waals surface area contributed by atoms with Gasteiger partial charge in [0.05, 0.1) is 12.1 Å². The van der Waals surface area contributed by atoms with E-state index in [0.29, 0.717) is 18.3 Å². The summed E-state index contributed by atoms with van der Waals surface area (Å²) in [6, 6.07) is 5.15. The summed E-state index contributed by atoms with van der Waals surface area (Å²) in [4.78, 5) is 9.73. The Morgan fingerprint density at radius 1 is 1.39 bits per heavy atom. The van der Waals surface area contributed by atoms with Gasteiger partial charge < -0.3 is 20.5 Å². The van der Waals surface area contributed by atoms with Gasteiger partial charge in [-0.15, -0.1) is 11.3 Å². The third kappa shape index (κ3) is 5.14. The van der Waals surface area contributed by atoms with Gasteiger partial charge in [0.15, 0.2) is 5.96 Å². The number of hydrogen-bond acceptors (Lipinski definition) is 5. The quantitative estimate of drug-likeness (QED) is 0.557. The smallest absolute Gasteiger partial charge is 0.191 e. The van der Waals surface area contributed by atoms with E-state index in [4.69, 9.17) is 4.74 Å². The second-order valence-corrected chi connectivity index (χ2v) is 6.28. The van der Waals surface area contributed by atoms with Gasteiger partial charge in [-0.05, 0) is 25.1 Å². The number of thiazole rings is 1. The number of ether oxygens (including phenoxy) is 1. The molecule has 1 heterocycles. The summed E-state index contributed by atoms with van der Waals surface area (Å²) in [6.45, 7) is 3.26. The first kappa shape index (κ1) is 17.1. The normalized spacial score (nSPS) is 11.3. The number of methoxy groups -OCH3 is 1. The lowest BCUT2D eigenvalue weighted by Gasteiger charge is -2.13. The molecule has 0 aliphatic rings. The highest BCUT2D eigenvalue weighted by Crippen LogP contribution is 2.22. The molecule has 3 N–H and O–H groups in total. The van der Waals surface area contributed by atoms with Gasteiger partial charge in [0.25, 0.3) is 0 Å². The second kappa shape index (κ2) is 8.38. The molecule has 0 saturated carbocycles. The molecule has 0 saturated heterocycles. The summed E-state index contributed by atoms with van der Waals surface area (Å²) in [7, 11) is 3.32. The molecule has 23 heavy (non-hydrogen) atoms. The van der Waals surface area contributed by atoms with Crippen LogP contribution < -0.4 is 15.4 Å². The fourth-order valence-corrected chi connectivity index (χ4v) is 2.82. The van der Waals surface area contributed by atoms with Gasteiger partial charge in [0.2, 0.25) is 0 Å². The molecule has 0 aliphatic carbocycles. The van der Waals surface area contributed by atoms with Crippen LogP contribution >= 0.6 is 11.3 Å². The van der Waals surface area contributed by atoms with Gasteiger partial charge in [0, 0.05) is 43.2 Å². The van der Waals surface area contributed by atoms with Crippen LogP contribution in [0.25, 0.3) is 0 Å². The van der Waals surface area contributed by atoms with E-state index in [1.807, 2.05) is 6.20 Å². The van der Waals surface area contributed by atoms with E-state index >= 15 is 0 Å². The van der Waals surface area contributed by atoms with Crippen LogP contribution in [0.4, 0.5) is 0 Å². The van der Waals surface area contributed by atoms with Crippen LogP contribution in [0.5, 0.6) is 11.5 Å². The van der Waals surface area contributed by atoms with E-state index in [9.17, 15) is 5.11 Å². The van der Waals surface area contributed by atoms with Crippen molar-refractivity contribution in [1.29, 1.82) is 0 Å². The molecule has 1 aromatic heterocycles. The van der Waals surface area contributed by atoms with Gasteiger partial charge in [-0.25, -0.2) is 4.98 Å². The number of nitrogens with one attached hydrogen (secondary N) is 2. The summed E-state index contributed by atoms with van der Waals surface area (Å²) in [5.74, 6) is 1.62. The highest BCUT2D eigenvalue weighted by Gasteiger charge is 2.05. The molecule has 7 heteroatoms. The number of benzene rings is 1. The lowest BCUT2D eigenvalue weighted by atomic mass is 10.2. The topological polar surface area (TPSA) is 78.8 Å². The Morgan fingerprint density at radius 2 is 2.22 bits per heavy atom. The first-order valence-corrected chi connectivity index (χ1v) is 8.15. The molecule has 0 unspecified atom stereocenters. The van der Waals surface area contributed by atoms with E-state index in [1.54, 1.807) is 43.7 Å². The molecule has 0 atom stereocenters. The van der Waals surface area contributed by atoms with E-state index in [2.05, 4.69) is 27.5 Å². The lowest BCUT2D eigenvalue weighted by Crippen LogP contribution is -2.37. The Kier molecular flexibility index (Phi) is 6.22. The van der Waals surface area contributed by atoms with Crippen molar-refractivity contribution >= 4 is 17.3 Å². The Balaban J connectivity index is 1.83. The fourth-order valence-electron chi connectivity index (χ4n) is 2.03. The van der Waals surface area contributed by atoms with Crippen molar-refractivity contribution in [3.8, 4) is 11.5 Å². The average Bonchev–Trinajstić information content (AvgIpc) is 2.97. The van der Waals surface area contributed by atoms with Crippen molar-refractivity contribution in [2.24, 2.45) is 4.99 Å². The molecule has 1 aromatic carbocycles. The Bertz CT molecular complexity index is 670. The molecular formula is C16H22N4O2S. The Labute approximate surface area is 140 Å². The zero-order valence-corrected chi connectivity index (χ0v) is 14.4. The van der Waals surface area contributed by atoms with Crippen LogP contribution in [-0.4, -0.2) is 36.8 Å². The Hall–Kier alpha value is -2.28. The highest BCUT2D eigenvalue weighted by atomic mass is 32.1. The van der Waals surface area contributed by atoms with Gasteiger partial charge in [-0.3, -0.25) is 4.99 Å². The first-order valence-electron chi connectivity index (χ1n) is 7.34. The van der Waals surface area contributed by atoms with E-state index in [1.165, 1.54) is 4.88 Å². The van der Waals surface area contributed by atoms with E-state index in [0.717, 1.165) is 23.5 Å². The SMILES string of the molecule is CN=C(NCCc1ncc(C)s1)NCc1cc(OC)ccc1O. The van der Waals surface area contributed by atoms with Crippen LogP contribution in [0, 0.1) is 6.92 Å². The monoisotopic (exact) mass is 334 g/mol. The minimum Gasteiger partial charge on any atom is -0.508 e. The minimum absolute atomic E-state index is 0.229. The molecule has 2 aromatic rings. The number of hydrogen-bond donors (Lipinski definition) is 3. The van der Waals surface area contributed by atoms with Crippen molar-refractivity contribution in [1.82, 2.24) is 15.6 Å². The number of rotatable bonds is 6. The van der Waals surface area contributed by atoms with E-state index < -0.39 is 0 Å². The average molecular weight is 334 g/mol. The number of guanidine groups is 1. The third-order valence-electron chi connectivity index (χ3n) is 3.26. The molecule has 0 radical (unpaired) electrons. The van der Waals surface area contributed by atoms with Gasteiger partial charge in [-0.1, -0.05) is 0 Å². The van der Waals surface area contributed by atoms with Gasteiger partial charge in [0.1, 0.15) is 11.5 Å². The predicted molar refractivity (Wildman–Crippen MR) is 93.4 cm³/mol. The third-order valence-corrected chi connectivity index (χ3v) is 4.23. The number of phenolic OH excluding ortho intramolecular Hbond substituents is 1. The zero-order chi connectivity index (χ0) is 16.7. The summed E-state index contributed by atoms with van der Waals surface area (Å²) in [6.07, 6.45) is 2.74. The fraction of sp³-hybridized carbons (Fsp3) is 0.375. The molecule has 0 fully saturated rings. The molecule has 2 rings (SSSR count). The molecule has 0 amide bonds. The molecular weight excluding hydrogens is 312 g/mol. The number of aromatic hydroxyl groups is 1. The number of nitrogens with zero attached hydrogens (tertiary/aromatic N) is 2. The van der Waals surface area contributed by atoms with Crippen LogP contribution in [0.15, 0.2) is 29.4 Å². The number of phenols is 1. The first-order chi connectivity index (χ1) is 11.1. The van der Waals surface area contributed by atoms with E-state index in [-0.39, 0.29) is 5.75 Å².